The molecule has 12 heavy (non-hydrogen) atoms. The van der Waals surface area contributed by atoms with Gasteiger partial charge in [0, 0.05) is 6.54 Å². The lowest BCUT2D eigenvalue weighted by molar-refractivity contribution is -0.137. The summed E-state index contributed by atoms with van der Waals surface area (Å²) in [4.78, 5) is 23.0. The SMILES string of the molecule is CC1CC(C=O)N(C(=O)CO)C1. The maximum atomic E-state index is 11.0. The van der Waals surface area contributed by atoms with Crippen LogP contribution in [0.2, 0.25) is 0 Å². The number of aliphatic hydroxyl groups excluding tert-OH is 1. The van der Waals surface area contributed by atoms with Crippen LogP contribution in [0.25, 0.3) is 0 Å². The highest BCUT2D eigenvalue weighted by Crippen LogP contribution is 2.20. The molecule has 0 spiro atoms. The van der Waals surface area contributed by atoms with Crippen LogP contribution in [-0.2, 0) is 9.59 Å². The van der Waals surface area contributed by atoms with E-state index in [-0.39, 0.29) is 11.9 Å². The van der Waals surface area contributed by atoms with E-state index < -0.39 is 6.61 Å². The van der Waals surface area contributed by atoms with Gasteiger partial charge in [0.25, 0.3) is 0 Å². The minimum atomic E-state index is -0.503. The minimum Gasteiger partial charge on any atom is -0.387 e. The molecule has 4 nitrogen and oxygen atoms in total. The fourth-order valence-electron chi connectivity index (χ4n) is 1.59. The maximum Gasteiger partial charge on any atom is 0.248 e. The van der Waals surface area contributed by atoms with Crippen molar-refractivity contribution in [2.24, 2.45) is 5.92 Å². The van der Waals surface area contributed by atoms with Crippen molar-refractivity contribution in [3.63, 3.8) is 0 Å². The highest BCUT2D eigenvalue weighted by Gasteiger charge is 2.31. The highest BCUT2D eigenvalue weighted by molar-refractivity contribution is 5.81. The van der Waals surface area contributed by atoms with Crippen LogP contribution < -0.4 is 0 Å². The standard InChI is InChI=1S/C8H13NO3/c1-6-2-7(4-10)9(3-6)8(12)5-11/h4,6-7,11H,2-3,5H2,1H3. The molecule has 2 atom stereocenters. The minimum absolute atomic E-state index is 0.320. The molecule has 0 radical (unpaired) electrons. The van der Waals surface area contributed by atoms with Gasteiger partial charge in [0.1, 0.15) is 12.9 Å². The molecule has 0 bridgehead atoms. The fourth-order valence-corrected chi connectivity index (χ4v) is 1.59. The number of rotatable bonds is 2. The molecule has 1 aliphatic rings. The average Bonchev–Trinajstić information content (AvgIpc) is 2.45. The van der Waals surface area contributed by atoms with Crippen LogP contribution in [0.15, 0.2) is 0 Å². The molecule has 0 aromatic heterocycles. The summed E-state index contributed by atoms with van der Waals surface area (Å²) >= 11 is 0. The first-order valence-corrected chi connectivity index (χ1v) is 4.04. The number of hydrogen-bond donors (Lipinski definition) is 1. The summed E-state index contributed by atoms with van der Waals surface area (Å²) in [5.74, 6) is 0.00662. The molecule has 0 aromatic rings. The zero-order valence-electron chi connectivity index (χ0n) is 7.06. The summed E-state index contributed by atoms with van der Waals surface area (Å²) in [5, 5.41) is 8.59. The molecule has 1 heterocycles. The Morgan fingerprint density at radius 3 is 2.92 bits per heavy atom. The second kappa shape index (κ2) is 3.67. The normalized spacial score (nSPS) is 29.0. The summed E-state index contributed by atoms with van der Waals surface area (Å²) < 4.78 is 0. The van der Waals surface area contributed by atoms with E-state index in [2.05, 4.69) is 0 Å². The number of carbonyl (C=O) groups excluding carboxylic acids is 2. The van der Waals surface area contributed by atoms with Crippen LogP contribution in [0.4, 0.5) is 0 Å². The Hall–Kier alpha value is -0.900. The van der Waals surface area contributed by atoms with Crippen LogP contribution in [0.1, 0.15) is 13.3 Å². The van der Waals surface area contributed by atoms with Crippen LogP contribution in [-0.4, -0.2) is 41.4 Å². The van der Waals surface area contributed by atoms with Crippen molar-refractivity contribution in [3.05, 3.63) is 0 Å². The molecular weight excluding hydrogens is 158 g/mol. The number of nitrogens with zero attached hydrogens (tertiary/aromatic N) is 1. The summed E-state index contributed by atoms with van der Waals surface area (Å²) in [7, 11) is 0. The lowest BCUT2D eigenvalue weighted by Gasteiger charge is -2.18. The molecule has 1 rings (SSSR count). The Kier molecular flexibility index (Phi) is 2.81. The van der Waals surface area contributed by atoms with Gasteiger partial charge in [0.05, 0.1) is 6.04 Å². The van der Waals surface area contributed by atoms with Crippen molar-refractivity contribution in [2.45, 2.75) is 19.4 Å². The van der Waals surface area contributed by atoms with Gasteiger partial charge in [-0.3, -0.25) is 4.79 Å². The van der Waals surface area contributed by atoms with Gasteiger partial charge in [-0.2, -0.15) is 0 Å². The first-order valence-electron chi connectivity index (χ1n) is 4.04. The smallest absolute Gasteiger partial charge is 0.248 e. The number of aldehydes is 1. The average molecular weight is 171 g/mol. The first kappa shape index (κ1) is 9.19. The van der Waals surface area contributed by atoms with E-state index in [1.54, 1.807) is 0 Å². The van der Waals surface area contributed by atoms with Crippen LogP contribution >= 0.6 is 0 Å². The Bertz CT molecular complexity index is 193. The molecule has 1 amide bonds. The van der Waals surface area contributed by atoms with E-state index >= 15 is 0 Å². The van der Waals surface area contributed by atoms with Crippen molar-refractivity contribution in [3.8, 4) is 0 Å². The van der Waals surface area contributed by atoms with Gasteiger partial charge >= 0.3 is 0 Å². The van der Waals surface area contributed by atoms with Crippen molar-refractivity contribution < 1.29 is 14.7 Å². The van der Waals surface area contributed by atoms with Gasteiger partial charge in [0.15, 0.2) is 0 Å². The summed E-state index contributed by atoms with van der Waals surface area (Å²) in [6.07, 6.45) is 1.49. The Balaban J connectivity index is 2.63. The molecule has 2 unspecified atom stereocenters. The second-order valence-corrected chi connectivity index (χ2v) is 3.25. The Morgan fingerprint density at radius 1 is 1.75 bits per heavy atom. The summed E-state index contributed by atoms with van der Waals surface area (Å²) in [6, 6.07) is -0.320. The number of likely N-dealkylation sites (tertiary alicyclic amines) is 1. The predicted molar refractivity (Wildman–Crippen MR) is 42.4 cm³/mol. The topological polar surface area (TPSA) is 57.6 Å². The number of carbonyl (C=O) groups is 2. The Morgan fingerprint density at radius 2 is 2.42 bits per heavy atom. The molecule has 4 heteroatoms. The molecule has 1 saturated heterocycles. The van der Waals surface area contributed by atoms with E-state index in [9.17, 15) is 9.59 Å². The van der Waals surface area contributed by atoms with E-state index in [1.165, 1.54) is 4.90 Å². The van der Waals surface area contributed by atoms with E-state index in [0.717, 1.165) is 12.7 Å². The third-order valence-corrected chi connectivity index (χ3v) is 2.17. The molecule has 1 N–H and O–H groups in total. The van der Waals surface area contributed by atoms with E-state index in [1.807, 2.05) is 6.92 Å². The monoisotopic (exact) mass is 171 g/mol. The summed E-state index contributed by atoms with van der Waals surface area (Å²) in [5.41, 5.74) is 0. The fraction of sp³-hybridized carbons (Fsp3) is 0.750. The second-order valence-electron chi connectivity index (χ2n) is 3.25. The zero-order valence-corrected chi connectivity index (χ0v) is 7.06. The maximum absolute atomic E-state index is 11.0. The molecule has 1 fully saturated rings. The Labute approximate surface area is 71.2 Å². The van der Waals surface area contributed by atoms with Gasteiger partial charge in [0.2, 0.25) is 5.91 Å². The number of aliphatic hydroxyl groups is 1. The highest BCUT2D eigenvalue weighted by atomic mass is 16.3. The van der Waals surface area contributed by atoms with E-state index in [4.69, 9.17) is 5.11 Å². The van der Waals surface area contributed by atoms with Crippen molar-refractivity contribution in [1.82, 2.24) is 4.90 Å². The molecule has 0 saturated carbocycles. The molecule has 68 valence electrons. The van der Waals surface area contributed by atoms with E-state index in [0.29, 0.717) is 12.5 Å². The predicted octanol–water partition coefficient (Wildman–Crippen LogP) is -0.585. The van der Waals surface area contributed by atoms with Crippen molar-refractivity contribution >= 4 is 12.2 Å². The lowest BCUT2D eigenvalue weighted by Crippen LogP contribution is -2.38. The molecule has 0 aromatic carbocycles. The zero-order chi connectivity index (χ0) is 9.14. The molecular formula is C8H13NO3. The summed E-state index contributed by atoms with van der Waals surface area (Å²) in [6.45, 7) is 2.07. The van der Waals surface area contributed by atoms with Gasteiger partial charge < -0.3 is 14.8 Å². The lowest BCUT2D eigenvalue weighted by atomic mass is 10.1. The third kappa shape index (κ3) is 1.64. The largest absolute Gasteiger partial charge is 0.387 e. The van der Waals surface area contributed by atoms with Crippen LogP contribution in [0.5, 0.6) is 0 Å². The van der Waals surface area contributed by atoms with Gasteiger partial charge in [-0.25, -0.2) is 0 Å². The number of hydrogen-bond acceptors (Lipinski definition) is 3. The number of amides is 1. The quantitative estimate of drug-likeness (QED) is 0.565. The van der Waals surface area contributed by atoms with Crippen molar-refractivity contribution in [2.75, 3.05) is 13.2 Å². The van der Waals surface area contributed by atoms with Gasteiger partial charge in [-0.15, -0.1) is 0 Å². The first-order chi connectivity index (χ1) is 5.69. The molecule has 0 aliphatic carbocycles. The van der Waals surface area contributed by atoms with Crippen molar-refractivity contribution in [1.29, 1.82) is 0 Å². The van der Waals surface area contributed by atoms with Gasteiger partial charge in [-0.1, -0.05) is 6.92 Å². The molecule has 1 aliphatic heterocycles. The third-order valence-electron chi connectivity index (χ3n) is 2.17. The van der Waals surface area contributed by atoms with Crippen LogP contribution in [0.3, 0.4) is 0 Å². The van der Waals surface area contributed by atoms with Gasteiger partial charge in [-0.05, 0) is 12.3 Å². The van der Waals surface area contributed by atoms with Crippen LogP contribution in [0, 0.1) is 5.92 Å².